The number of rotatable bonds is 3. The molecule has 0 aromatic heterocycles. The second-order valence-corrected chi connectivity index (χ2v) is 5.31. The Morgan fingerprint density at radius 1 is 1.32 bits per heavy atom. The average molecular weight is 262 g/mol. The lowest BCUT2D eigenvalue weighted by molar-refractivity contribution is 0.101. The van der Waals surface area contributed by atoms with Gasteiger partial charge in [-0.05, 0) is 38.0 Å². The van der Waals surface area contributed by atoms with Gasteiger partial charge in [-0.15, -0.1) is 0 Å². The van der Waals surface area contributed by atoms with E-state index in [9.17, 15) is 9.90 Å². The van der Waals surface area contributed by atoms with Crippen LogP contribution in [0.25, 0.3) is 0 Å². The molecule has 0 bridgehead atoms. The third-order valence-electron chi connectivity index (χ3n) is 3.76. The monoisotopic (exact) mass is 262 g/mol. The number of aliphatic hydroxyl groups excluding tert-OH is 1. The molecule has 1 aliphatic rings. The van der Waals surface area contributed by atoms with Crippen molar-refractivity contribution in [3.05, 3.63) is 23.8 Å². The number of benzene rings is 1. The fourth-order valence-electron chi connectivity index (χ4n) is 2.62. The van der Waals surface area contributed by atoms with E-state index in [-0.39, 0.29) is 17.9 Å². The number of carbonyl (C=O) groups is 1. The summed E-state index contributed by atoms with van der Waals surface area (Å²) >= 11 is 0. The van der Waals surface area contributed by atoms with Gasteiger partial charge in [0, 0.05) is 16.9 Å². The molecule has 0 saturated heterocycles. The van der Waals surface area contributed by atoms with E-state index in [1.165, 1.54) is 13.3 Å². The molecule has 1 aromatic carbocycles. The third-order valence-corrected chi connectivity index (χ3v) is 3.76. The van der Waals surface area contributed by atoms with Gasteiger partial charge in [-0.25, -0.2) is 0 Å². The lowest BCUT2D eigenvalue weighted by Crippen LogP contribution is -2.32. The van der Waals surface area contributed by atoms with Gasteiger partial charge < -0.3 is 16.2 Å². The summed E-state index contributed by atoms with van der Waals surface area (Å²) in [5.74, 6) is -0.0393. The normalized spacial score (nSPS) is 23.7. The zero-order chi connectivity index (χ0) is 13.8. The summed E-state index contributed by atoms with van der Waals surface area (Å²) in [5.41, 5.74) is 7.66. The van der Waals surface area contributed by atoms with Crippen molar-refractivity contribution in [1.29, 1.82) is 0 Å². The van der Waals surface area contributed by atoms with Crippen LogP contribution >= 0.6 is 0 Å². The van der Waals surface area contributed by atoms with Crippen LogP contribution in [0.2, 0.25) is 0 Å². The van der Waals surface area contributed by atoms with Crippen LogP contribution in [-0.4, -0.2) is 23.0 Å². The maximum absolute atomic E-state index is 11.5. The highest BCUT2D eigenvalue weighted by Gasteiger charge is 2.21. The highest BCUT2D eigenvalue weighted by Crippen LogP contribution is 2.24. The lowest BCUT2D eigenvalue weighted by Gasteiger charge is -2.23. The molecule has 2 rings (SSSR count). The lowest BCUT2D eigenvalue weighted by atomic mass is 10.0. The number of nitrogens with one attached hydrogen (secondary N) is 1. The highest BCUT2D eigenvalue weighted by atomic mass is 16.3. The molecule has 0 amide bonds. The van der Waals surface area contributed by atoms with Crippen molar-refractivity contribution in [2.75, 3.05) is 11.1 Å². The van der Waals surface area contributed by atoms with Gasteiger partial charge in [-0.3, -0.25) is 4.79 Å². The molecule has 2 atom stereocenters. The fraction of sp³-hybridized carbons (Fsp3) is 0.533. The smallest absolute Gasteiger partial charge is 0.161 e. The Morgan fingerprint density at radius 2 is 2.05 bits per heavy atom. The minimum atomic E-state index is -0.319. The SMILES string of the molecule is CC(=O)c1cc(NC2CCCCCC2O)ccc1N. The summed E-state index contributed by atoms with van der Waals surface area (Å²) in [4.78, 5) is 11.5. The van der Waals surface area contributed by atoms with Crippen molar-refractivity contribution in [3.63, 3.8) is 0 Å². The van der Waals surface area contributed by atoms with Crippen molar-refractivity contribution in [1.82, 2.24) is 0 Å². The predicted molar refractivity (Wildman–Crippen MR) is 77.4 cm³/mol. The van der Waals surface area contributed by atoms with Gasteiger partial charge in [0.25, 0.3) is 0 Å². The van der Waals surface area contributed by atoms with Crippen LogP contribution in [0, 0.1) is 0 Å². The molecule has 1 aliphatic carbocycles. The maximum Gasteiger partial charge on any atom is 0.161 e. The number of Topliss-reactive ketones (excluding diaryl/α,β-unsaturated/α-hetero) is 1. The minimum Gasteiger partial charge on any atom is -0.398 e. The van der Waals surface area contributed by atoms with Crippen molar-refractivity contribution < 1.29 is 9.90 Å². The van der Waals surface area contributed by atoms with Crippen LogP contribution in [0.3, 0.4) is 0 Å². The quantitative estimate of drug-likeness (QED) is 0.444. The van der Waals surface area contributed by atoms with Crippen LogP contribution in [0.1, 0.15) is 49.4 Å². The predicted octanol–water partition coefficient (Wildman–Crippen LogP) is 2.58. The summed E-state index contributed by atoms with van der Waals surface area (Å²) < 4.78 is 0. The van der Waals surface area contributed by atoms with E-state index in [1.54, 1.807) is 12.1 Å². The number of ketones is 1. The van der Waals surface area contributed by atoms with Gasteiger partial charge >= 0.3 is 0 Å². The molecule has 1 fully saturated rings. The fourth-order valence-corrected chi connectivity index (χ4v) is 2.62. The average Bonchev–Trinajstić information content (AvgIpc) is 2.57. The van der Waals surface area contributed by atoms with E-state index >= 15 is 0 Å². The number of hydrogen-bond acceptors (Lipinski definition) is 4. The maximum atomic E-state index is 11.5. The second-order valence-electron chi connectivity index (χ2n) is 5.31. The van der Waals surface area contributed by atoms with Crippen molar-refractivity contribution in [2.24, 2.45) is 0 Å². The zero-order valence-corrected chi connectivity index (χ0v) is 11.4. The van der Waals surface area contributed by atoms with Gasteiger partial charge in [0.1, 0.15) is 0 Å². The number of nitrogen functional groups attached to an aromatic ring is 1. The van der Waals surface area contributed by atoms with Gasteiger partial charge in [0.15, 0.2) is 5.78 Å². The minimum absolute atomic E-state index is 0.0393. The van der Waals surface area contributed by atoms with Crippen LogP contribution in [0.15, 0.2) is 18.2 Å². The molecular weight excluding hydrogens is 240 g/mol. The van der Waals surface area contributed by atoms with Crippen molar-refractivity contribution in [2.45, 2.75) is 51.2 Å². The number of anilines is 2. The number of carbonyl (C=O) groups excluding carboxylic acids is 1. The van der Waals surface area contributed by atoms with Gasteiger partial charge in [0.2, 0.25) is 0 Å². The second kappa shape index (κ2) is 6.06. The number of hydrogen-bond donors (Lipinski definition) is 3. The standard InChI is InChI=1S/C15H22N2O2/c1-10(18)12-9-11(7-8-13(12)16)17-14-5-3-2-4-6-15(14)19/h7-9,14-15,17,19H,2-6,16H2,1H3. The summed E-state index contributed by atoms with van der Waals surface area (Å²) in [6.45, 7) is 1.51. The molecule has 4 N–H and O–H groups in total. The first-order valence-corrected chi connectivity index (χ1v) is 6.93. The largest absolute Gasteiger partial charge is 0.398 e. The molecule has 0 heterocycles. The molecule has 0 radical (unpaired) electrons. The topological polar surface area (TPSA) is 75.3 Å². The molecule has 0 aliphatic heterocycles. The first-order chi connectivity index (χ1) is 9.08. The first kappa shape index (κ1) is 13.9. The van der Waals surface area contributed by atoms with Crippen LogP contribution in [-0.2, 0) is 0 Å². The Bertz CT molecular complexity index is 459. The molecule has 1 aromatic rings. The molecule has 0 spiro atoms. The molecule has 19 heavy (non-hydrogen) atoms. The van der Waals surface area contributed by atoms with E-state index < -0.39 is 0 Å². The Kier molecular flexibility index (Phi) is 4.43. The summed E-state index contributed by atoms with van der Waals surface area (Å²) in [6.07, 6.45) is 4.87. The molecule has 104 valence electrons. The van der Waals surface area contributed by atoms with Crippen molar-refractivity contribution >= 4 is 17.2 Å². The van der Waals surface area contributed by atoms with Crippen LogP contribution in [0.5, 0.6) is 0 Å². The van der Waals surface area contributed by atoms with Gasteiger partial charge in [-0.2, -0.15) is 0 Å². The molecular formula is C15H22N2O2. The molecule has 2 unspecified atom stereocenters. The molecule has 4 nitrogen and oxygen atoms in total. The third kappa shape index (κ3) is 3.47. The first-order valence-electron chi connectivity index (χ1n) is 6.93. The molecule has 4 heteroatoms. The van der Waals surface area contributed by atoms with E-state index in [0.29, 0.717) is 11.3 Å². The van der Waals surface area contributed by atoms with E-state index in [1.807, 2.05) is 6.07 Å². The highest BCUT2D eigenvalue weighted by molar-refractivity contribution is 6.00. The van der Waals surface area contributed by atoms with E-state index in [0.717, 1.165) is 31.4 Å². The van der Waals surface area contributed by atoms with E-state index in [2.05, 4.69) is 5.32 Å². The summed E-state index contributed by atoms with van der Waals surface area (Å²) in [6, 6.07) is 5.43. The van der Waals surface area contributed by atoms with Gasteiger partial charge in [-0.1, -0.05) is 19.3 Å². The van der Waals surface area contributed by atoms with Crippen LogP contribution < -0.4 is 11.1 Å². The Labute approximate surface area is 114 Å². The van der Waals surface area contributed by atoms with Crippen LogP contribution in [0.4, 0.5) is 11.4 Å². The summed E-state index contributed by atoms with van der Waals surface area (Å²) in [7, 11) is 0. The number of aliphatic hydroxyl groups is 1. The molecule has 1 saturated carbocycles. The number of nitrogens with two attached hydrogens (primary N) is 1. The van der Waals surface area contributed by atoms with E-state index in [4.69, 9.17) is 5.73 Å². The van der Waals surface area contributed by atoms with Crippen molar-refractivity contribution in [3.8, 4) is 0 Å². The van der Waals surface area contributed by atoms with Gasteiger partial charge in [0.05, 0.1) is 12.1 Å². The Balaban J connectivity index is 2.13. The Morgan fingerprint density at radius 3 is 2.79 bits per heavy atom. The summed E-state index contributed by atoms with van der Waals surface area (Å²) in [5, 5.41) is 13.4. The zero-order valence-electron chi connectivity index (χ0n) is 11.4. The Hall–Kier alpha value is -1.55.